The molecule has 0 radical (unpaired) electrons. The first-order valence-electron chi connectivity index (χ1n) is 9.10. The lowest BCUT2D eigenvalue weighted by Gasteiger charge is -2.11. The summed E-state index contributed by atoms with van der Waals surface area (Å²) in [7, 11) is 0. The highest BCUT2D eigenvalue weighted by molar-refractivity contribution is 6.40. The minimum absolute atomic E-state index is 0.202. The summed E-state index contributed by atoms with van der Waals surface area (Å²) in [6.45, 7) is 3.72. The third-order valence-corrected chi connectivity index (χ3v) is 4.05. The van der Waals surface area contributed by atoms with E-state index in [4.69, 9.17) is 4.42 Å². The lowest BCUT2D eigenvalue weighted by Crippen LogP contribution is -2.33. The van der Waals surface area contributed by atoms with E-state index in [9.17, 15) is 14.4 Å². The molecule has 30 heavy (non-hydrogen) atoms. The third-order valence-electron chi connectivity index (χ3n) is 4.05. The van der Waals surface area contributed by atoms with Crippen molar-refractivity contribution in [2.45, 2.75) is 13.8 Å². The van der Waals surface area contributed by atoms with Crippen molar-refractivity contribution in [3.05, 3.63) is 83.3 Å². The molecule has 0 aliphatic carbocycles. The maximum atomic E-state index is 12.6. The third kappa shape index (κ3) is 5.41. The van der Waals surface area contributed by atoms with Gasteiger partial charge in [0.05, 0.1) is 17.5 Å². The largest absolute Gasteiger partial charge is 0.460 e. The molecule has 8 heteroatoms. The van der Waals surface area contributed by atoms with Gasteiger partial charge in [0.15, 0.2) is 0 Å². The topological polar surface area (TPSA) is 113 Å². The predicted molar refractivity (Wildman–Crippen MR) is 113 cm³/mol. The molecule has 8 nitrogen and oxygen atoms in total. The molecular weight excluding hydrogens is 384 g/mol. The summed E-state index contributed by atoms with van der Waals surface area (Å²) in [5, 5.41) is 8.87. The first-order chi connectivity index (χ1) is 14.4. The maximum absolute atomic E-state index is 12.6. The number of aryl methyl sites for hydroxylation is 2. The van der Waals surface area contributed by atoms with Crippen LogP contribution in [-0.4, -0.2) is 23.9 Å². The summed E-state index contributed by atoms with van der Waals surface area (Å²) < 4.78 is 5.27. The average Bonchev–Trinajstić information content (AvgIpc) is 3.15. The number of rotatable bonds is 5. The zero-order valence-corrected chi connectivity index (χ0v) is 16.4. The van der Waals surface area contributed by atoms with Crippen LogP contribution in [0, 0.1) is 13.8 Å². The van der Waals surface area contributed by atoms with Gasteiger partial charge in [0.25, 0.3) is 5.91 Å². The van der Waals surface area contributed by atoms with Gasteiger partial charge in [-0.25, -0.2) is 5.43 Å². The van der Waals surface area contributed by atoms with E-state index in [1.165, 1.54) is 12.3 Å². The van der Waals surface area contributed by atoms with E-state index in [1.54, 1.807) is 49.4 Å². The van der Waals surface area contributed by atoms with Gasteiger partial charge in [0.1, 0.15) is 11.5 Å². The fourth-order valence-corrected chi connectivity index (χ4v) is 2.53. The number of benzene rings is 2. The number of hydrogen-bond acceptors (Lipinski definition) is 5. The molecule has 0 atom stereocenters. The summed E-state index contributed by atoms with van der Waals surface area (Å²) in [6, 6.07) is 17.1. The number of furan rings is 1. The molecule has 3 aromatic rings. The Hall–Kier alpha value is -4.20. The quantitative estimate of drug-likeness (QED) is 0.344. The van der Waals surface area contributed by atoms with Crippen molar-refractivity contribution in [3.8, 4) is 0 Å². The molecule has 0 bridgehead atoms. The molecule has 0 aliphatic rings. The molecule has 0 unspecified atom stereocenters. The van der Waals surface area contributed by atoms with Gasteiger partial charge in [0, 0.05) is 5.69 Å². The van der Waals surface area contributed by atoms with Gasteiger partial charge in [-0.2, -0.15) is 5.10 Å². The Labute approximate surface area is 173 Å². The van der Waals surface area contributed by atoms with Gasteiger partial charge >= 0.3 is 11.8 Å². The van der Waals surface area contributed by atoms with Crippen LogP contribution >= 0.6 is 0 Å². The van der Waals surface area contributed by atoms with Gasteiger partial charge in [-0.3, -0.25) is 14.4 Å². The number of nitrogens with zero attached hydrogens (tertiary/aromatic N) is 1. The highest BCUT2D eigenvalue weighted by Crippen LogP contribution is 2.18. The lowest BCUT2D eigenvalue weighted by molar-refractivity contribution is -0.136. The second-order valence-corrected chi connectivity index (χ2v) is 6.47. The smallest absolute Gasteiger partial charge is 0.329 e. The average molecular weight is 404 g/mol. The van der Waals surface area contributed by atoms with Crippen LogP contribution in [0.15, 0.2) is 70.2 Å². The van der Waals surface area contributed by atoms with Gasteiger partial charge in [0.2, 0.25) is 0 Å². The van der Waals surface area contributed by atoms with Crippen molar-refractivity contribution >= 4 is 35.3 Å². The molecule has 1 aromatic heterocycles. The lowest BCUT2D eigenvalue weighted by atomic mass is 10.1. The van der Waals surface area contributed by atoms with E-state index in [0.29, 0.717) is 17.2 Å². The fourth-order valence-electron chi connectivity index (χ4n) is 2.53. The Morgan fingerprint density at radius 2 is 1.60 bits per heavy atom. The van der Waals surface area contributed by atoms with Crippen molar-refractivity contribution < 1.29 is 18.8 Å². The van der Waals surface area contributed by atoms with E-state index >= 15 is 0 Å². The second kappa shape index (κ2) is 9.33. The van der Waals surface area contributed by atoms with Gasteiger partial charge in [-0.05, 0) is 50.2 Å². The van der Waals surface area contributed by atoms with Crippen molar-refractivity contribution in [3.63, 3.8) is 0 Å². The molecule has 3 amide bonds. The highest BCUT2D eigenvalue weighted by Gasteiger charge is 2.17. The van der Waals surface area contributed by atoms with Crippen molar-refractivity contribution in [1.29, 1.82) is 0 Å². The zero-order chi connectivity index (χ0) is 21.5. The predicted octanol–water partition coefficient (Wildman–Crippen LogP) is 3.24. The van der Waals surface area contributed by atoms with E-state index in [-0.39, 0.29) is 11.3 Å². The van der Waals surface area contributed by atoms with Crippen LogP contribution in [0.1, 0.15) is 27.4 Å². The van der Waals surface area contributed by atoms with Gasteiger partial charge in [-0.1, -0.05) is 29.8 Å². The number of nitrogens with one attached hydrogen (secondary N) is 3. The SMILES string of the molecule is Cc1ccc(NC(=O)c2ccccc2NC(=O)C(=O)N/N=C\c2ccc(C)o2)cc1. The number of hydrogen-bond donors (Lipinski definition) is 3. The monoisotopic (exact) mass is 404 g/mol. The molecule has 0 saturated heterocycles. The van der Waals surface area contributed by atoms with Gasteiger partial charge < -0.3 is 15.1 Å². The Balaban J connectivity index is 1.63. The highest BCUT2D eigenvalue weighted by atomic mass is 16.3. The minimum Gasteiger partial charge on any atom is -0.460 e. The van der Waals surface area contributed by atoms with Crippen LogP contribution < -0.4 is 16.1 Å². The van der Waals surface area contributed by atoms with E-state index in [1.807, 2.05) is 19.1 Å². The van der Waals surface area contributed by atoms with E-state index in [2.05, 4.69) is 21.2 Å². The molecule has 0 spiro atoms. The molecule has 0 aliphatic heterocycles. The zero-order valence-electron chi connectivity index (χ0n) is 16.4. The molecule has 152 valence electrons. The van der Waals surface area contributed by atoms with Crippen LogP contribution in [0.5, 0.6) is 0 Å². The van der Waals surface area contributed by atoms with Crippen LogP contribution in [0.2, 0.25) is 0 Å². The summed E-state index contributed by atoms with van der Waals surface area (Å²) >= 11 is 0. The molecule has 0 saturated carbocycles. The minimum atomic E-state index is -0.983. The number of para-hydroxylation sites is 1. The number of carbonyl (C=O) groups is 3. The Morgan fingerprint density at radius 3 is 2.30 bits per heavy atom. The van der Waals surface area contributed by atoms with Crippen molar-refractivity contribution in [1.82, 2.24) is 5.43 Å². The first-order valence-corrected chi connectivity index (χ1v) is 9.10. The number of carbonyl (C=O) groups excluding carboxylic acids is 3. The molecule has 3 rings (SSSR count). The molecule has 3 N–H and O–H groups in total. The Kier molecular flexibility index (Phi) is 6.39. The van der Waals surface area contributed by atoms with Crippen LogP contribution in [-0.2, 0) is 9.59 Å². The summed E-state index contributed by atoms with van der Waals surface area (Å²) in [6.07, 6.45) is 1.28. The van der Waals surface area contributed by atoms with Crippen molar-refractivity contribution in [2.75, 3.05) is 10.6 Å². The van der Waals surface area contributed by atoms with Crippen molar-refractivity contribution in [2.24, 2.45) is 5.10 Å². The van der Waals surface area contributed by atoms with Gasteiger partial charge in [-0.15, -0.1) is 0 Å². The van der Waals surface area contributed by atoms with E-state index < -0.39 is 17.7 Å². The maximum Gasteiger partial charge on any atom is 0.329 e. The summed E-state index contributed by atoms with van der Waals surface area (Å²) in [4.78, 5) is 36.8. The first kappa shape index (κ1) is 20.5. The Morgan fingerprint density at radius 1 is 0.867 bits per heavy atom. The fraction of sp³-hybridized carbons (Fsp3) is 0.0909. The van der Waals surface area contributed by atoms with Crippen LogP contribution in [0.25, 0.3) is 0 Å². The van der Waals surface area contributed by atoms with E-state index in [0.717, 1.165) is 5.56 Å². The summed E-state index contributed by atoms with van der Waals surface area (Å²) in [5.41, 5.74) is 4.21. The normalized spacial score (nSPS) is 10.6. The second-order valence-electron chi connectivity index (χ2n) is 6.47. The number of amides is 3. The van der Waals surface area contributed by atoms with Crippen LogP contribution in [0.4, 0.5) is 11.4 Å². The molecule has 2 aromatic carbocycles. The molecule has 1 heterocycles. The number of anilines is 2. The molecular formula is C22H20N4O4. The number of hydrazone groups is 1. The van der Waals surface area contributed by atoms with Crippen LogP contribution in [0.3, 0.4) is 0 Å². The standard InChI is InChI=1S/C22H20N4O4/c1-14-7-10-16(11-8-14)24-20(27)18-5-3-4-6-19(18)25-21(28)22(29)26-23-13-17-12-9-15(2)30-17/h3-13H,1-2H3,(H,24,27)(H,25,28)(H,26,29)/b23-13-. The Bertz CT molecular complexity index is 1100. The summed E-state index contributed by atoms with van der Waals surface area (Å²) in [5.74, 6) is -1.23. The molecule has 0 fully saturated rings.